The fraction of sp³-hybridized carbons (Fsp3) is 0.0769. The number of carbonyl (C=O) groups is 1. The summed E-state index contributed by atoms with van der Waals surface area (Å²) in [5.41, 5.74) is 1.41. The standard InChI is InChI=1S/C13H9ClFNO2/c1-18-13(17)8-4-5-16-12(6-8)10-3-2-9(15)7-11(10)14/h2-7H,1H3. The van der Waals surface area contributed by atoms with E-state index in [0.29, 0.717) is 16.8 Å². The van der Waals surface area contributed by atoms with E-state index in [1.165, 1.54) is 37.6 Å². The summed E-state index contributed by atoms with van der Waals surface area (Å²) in [7, 11) is 1.30. The summed E-state index contributed by atoms with van der Waals surface area (Å²) >= 11 is 5.93. The van der Waals surface area contributed by atoms with Crippen LogP contribution in [0.4, 0.5) is 4.39 Å². The zero-order chi connectivity index (χ0) is 13.1. The largest absolute Gasteiger partial charge is 0.465 e. The number of aromatic nitrogens is 1. The zero-order valence-electron chi connectivity index (χ0n) is 9.48. The Kier molecular flexibility index (Phi) is 3.58. The highest BCUT2D eigenvalue weighted by Gasteiger charge is 2.10. The first kappa shape index (κ1) is 12.5. The van der Waals surface area contributed by atoms with Crippen molar-refractivity contribution in [3.8, 4) is 11.3 Å². The lowest BCUT2D eigenvalue weighted by atomic mass is 10.1. The molecule has 0 aliphatic carbocycles. The van der Waals surface area contributed by atoms with Gasteiger partial charge in [0.2, 0.25) is 0 Å². The molecule has 0 atom stereocenters. The van der Waals surface area contributed by atoms with Gasteiger partial charge in [-0.2, -0.15) is 0 Å². The molecule has 0 bridgehead atoms. The van der Waals surface area contributed by atoms with Gasteiger partial charge in [-0.25, -0.2) is 9.18 Å². The molecule has 2 aromatic rings. The lowest BCUT2D eigenvalue weighted by molar-refractivity contribution is 0.0600. The van der Waals surface area contributed by atoms with Gasteiger partial charge in [0, 0.05) is 11.8 Å². The summed E-state index contributed by atoms with van der Waals surface area (Å²) in [6, 6.07) is 7.08. The first-order chi connectivity index (χ1) is 8.61. The minimum atomic E-state index is -0.461. The average molecular weight is 266 g/mol. The monoisotopic (exact) mass is 265 g/mol. The molecule has 5 heteroatoms. The van der Waals surface area contributed by atoms with Crippen LogP contribution in [0.25, 0.3) is 11.3 Å². The van der Waals surface area contributed by atoms with Crippen molar-refractivity contribution in [3.05, 3.63) is 52.9 Å². The summed E-state index contributed by atoms with van der Waals surface area (Å²) in [5.74, 6) is -0.884. The topological polar surface area (TPSA) is 39.2 Å². The van der Waals surface area contributed by atoms with Gasteiger partial charge < -0.3 is 4.74 Å². The number of halogens is 2. The van der Waals surface area contributed by atoms with Gasteiger partial charge in [0.1, 0.15) is 5.82 Å². The van der Waals surface area contributed by atoms with Crippen molar-refractivity contribution in [2.45, 2.75) is 0 Å². The van der Waals surface area contributed by atoms with Gasteiger partial charge in [0.25, 0.3) is 0 Å². The van der Waals surface area contributed by atoms with Crippen molar-refractivity contribution in [1.82, 2.24) is 4.98 Å². The minimum Gasteiger partial charge on any atom is -0.465 e. The highest BCUT2D eigenvalue weighted by molar-refractivity contribution is 6.33. The fourth-order valence-electron chi connectivity index (χ4n) is 1.52. The van der Waals surface area contributed by atoms with E-state index in [9.17, 15) is 9.18 Å². The average Bonchev–Trinajstić information content (AvgIpc) is 2.38. The molecule has 18 heavy (non-hydrogen) atoms. The van der Waals surface area contributed by atoms with Crippen LogP contribution >= 0.6 is 11.6 Å². The molecule has 0 saturated heterocycles. The Hall–Kier alpha value is -1.94. The van der Waals surface area contributed by atoms with Crippen molar-refractivity contribution in [2.75, 3.05) is 7.11 Å². The molecule has 0 amide bonds. The molecule has 2 rings (SSSR count). The Bertz CT molecular complexity index is 601. The third-order valence-electron chi connectivity index (χ3n) is 2.39. The predicted molar refractivity (Wildman–Crippen MR) is 66.0 cm³/mol. The predicted octanol–water partition coefficient (Wildman–Crippen LogP) is 3.33. The van der Waals surface area contributed by atoms with E-state index in [1.807, 2.05) is 0 Å². The van der Waals surface area contributed by atoms with Crippen LogP contribution in [0, 0.1) is 5.82 Å². The number of benzene rings is 1. The molecule has 92 valence electrons. The maximum Gasteiger partial charge on any atom is 0.337 e. The van der Waals surface area contributed by atoms with Crippen molar-refractivity contribution >= 4 is 17.6 Å². The molecular formula is C13H9ClFNO2. The van der Waals surface area contributed by atoms with Crippen LogP contribution in [0.15, 0.2) is 36.5 Å². The second kappa shape index (κ2) is 5.14. The van der Waals surface area contributed by atoms with E-state index in [0.717, 1.165) is 0 Å². The molecule has 0 saturated carbocycles. The van der Waals surface area contributed by atoms with Crippen molar-refractivity contribution < 1.29 is 13.9 Å². The van der Waals surface area contributed by atoms with E-state index in [1.54, 1.807) is 6.07 Å². The zero-order valence-corrected chi connectivity index (χ0v) is 10.2. The minimum absolute atomic E-state index is 0.240. The fourth-order valence-corrected chi connectivity index (χ4v) is 1.78. The second-order valence-electron chi connectivity index (χ2n) is 3.55. The summed E-state index contributed by atoms with van der Waals surface area (Å²) in [6.45, 7) is 0. The number of methoxy groups -OCH3 is 1. The maximum atomic E-state index is 12.9. The molecular weight excluding hydrogens is 257 g/mol. The van der Waals surface area contributed by atoms with Crippen LogP contribution in [-0.2, 0) is 4.74 Å². The Morgan fingerprint density at radius 1 is 1.33 bits per heavy atom. The third kappa shape index (κ3) is 2.49. The molecule has 0 N–H and O–H groups in total. The Morgan fingerprint density at radius 2 is 2.11 bits per heavy atom. The molecule has 1 aromatic carbocycles. The summed E-state index contributed by atoms with van der Waals surface area (Å²) in [5, 5.41) is 0.240. The molecule has 1 aromatic heterocycles. The van der Waals surface area contributed by atoms with Gasteiger partial charge in [-0.3, -0.25) is 4.98 Å². The van der Waals surface area contributed by atoms with Crippen molar-refractivity contribution in [3.63, 3.8) is 0 Å². The highest BCUT2D eigenvalue weighted by Crippen LogP contribution is 2.27. The first-order valence-corrected chi connectivity index (χ1v) is 5.49. The lowest BCUT2D eigenvalue weighted by Gasteiger charge is -2.05. The molecule has 0 aliphatic heterocycles. The quantitative estimate of drug-likeness (QED) is 0.782. The van der Waals surface area contributed by atoms with Gasteiger partial charge >= 0.3 is 5.97 Å². The van der Waals surface area contributed by atoms with E-state index < -0.39 is 11.8 Å². The number of hydrogen-bond donors (Lipinski definition) is 0. The van der Waals surface area contributed by atoms with Crippen LogP contribution in [-0.4, -0.2) is 18.1 Å². The van der Waals surface area contributed by atoms with Gasteiger partial charge in [0.05, 0.1) is 23.4 Å². The van der Waals surface area contributed by atoms with E-state index >= 15 is 0 Å². The Balaban J connectivity index is 2.48. The van der Waals surface area contributed by atoms with Crippen molar-refractivity contribution in [1.29, 1.82) is 0 Å². The lowest BCUT2D eigenvalue weighted by Crippen LogP contribution is -2.01. The van der Waals surface area contributed by atoms with Gasteiger partial charge in [-0.1, -0.05) is 11.6 Å². The van der Waals surface area contributed by atoms with Gasteiger partial charge in [-0.15, -0.1) is 0 Å². The van der Waals surface area contributed by atoms with Gasteiger partial charge in [-0.05, 0) is 30.3 Å². The van der Waals surface area contributed by atoms with E-state index in [-0.39, 0.29) is 5.02 Å². The number of rotatable bonds is 2. The van der Waals surface area contributed by atoms with E-state index in [2.05, 4.69) is 9.72 Å². The van der Waals surface area contributed by atoms with E-state index in [4.69, 9.17) is 11.6 Å². The highest BCUT2D eigenvalue weighted by atomic mass is 35.5. The number of ether oxygens (including phenoxy) is 1. The SMILES string of the molecule is COC(=O)c1ccnc(-c2ccc(F)cc2Cl)c1. The molecule has 0 unspecified atom stereocenters. The Labute approximate surface area is 108 Å². The first-order valence-electron chi connectivity index (χ1n) is 5.11. The van der Waals surface area contributed by atoms with Crippen LogP contribution in [0.5, 0.6) is 0 Å². The van der Waals surface area contributed by atoms with Gasteiger partial charge in [0.15, 0.2) is 0 Å². The molecule has 0 spiro atoms. The van der Waals surface area contributed by atoms with Crippen LogP contribution in [0.1, 0.15) is 10.4 Å². The number of hydrogen-bond acceptors (Lipinski definition) is 3. The number of carbonyl (C=O) groups excluding carboxylic acids is 1. The third-order valence-corrected chi connectivity index (χ3v) is 2.70. The molecule has 3 nitrogen and oxygen atoms in total. The number of pyridine rings is 1. The molecule has 0 aliphatic rings. The maximum absolute atomic E-state index is 12.9. The normalized spacial score (nSPS) is 10.2. The summed E-state index contributed by atoms with van der Waals surface area (Å²) in [4.78, 5) is 15.5. The molecule has 0 fully saturated rings. The van der Waals surface area contributed by atoms with Crippen LogP contribution < -0.4 is 0 Å². The number of nitrogens with zero attached hydrogens (tertiary/aromatic N) is 1. The molecule has 1 heterocycles. The summed E-state index contributed by atoms with van der Waals surface area (Å²) in [6.07, 6.45) is 1.47. The van der Waals surface area contributed by atoms with Crippen molar-refractivity contribution in [2.24, 2.45) is 0 Å². The molecule has 0 radical (unpaired) electrons. The smallest absolute Gasteiger partial charge is 0.337 e. The van der Waals surface area contributed by atoms with Crippen LogP contribution in [0.2, 0.25) is 5.02 Å². The Morgan fingerprint density at radius 3 is 2.78 bits per heavy atom. The van der Waals surface area contributed by atoms with Crippen LogP contribution in [0.3, 0.4) is 0 Å². The summed E-state index contributed by atoms with van der Waals surface area (Å²) < 4.78 is 17.6. The number of esters is 1. The second-order valence-corrected chi connectivity index (χ2v) is 3.95.